The number of aryl methyl sites for hydroxylation is 2. The molecule has 0 fully saturated rings. The number of rotatable bonds is 9. The third-order valence-electron chi connectivity index (χ3n) is 5.52. The van der Waals surface area contributed by atoms with Gasteiger partial charge in [-0.3, -0.25) is 4.79 Å². The molecule has 0 unspecified atom stereocenters. The topological polar surface area (TPSA) is 66.5 Å². The minimum atomic E-state index is -3.90. The zero-order valence-electron chi connectivity index (χ0n) is 19.1. The normalized spacial score (nSPS) is 12.5. The smallest absolute Gasteiger partial charge is 0.243 e. The molecule has 0 saturated carbocycles. The van der Waals surface area contributed by atoms with Gasteiger partial charge < -0.3 is 5.32 Å². The van der Waals surface area contributed by atoms with Crippen molar-refractivity contribution in [3.8, 4) is 0 Å². The Morgan fingerprint density at radius 1 is 1.00 bits per heavy atom. The molecule has 0 aliphatic carbocycles. The lowest BCUT2D eigenvalue weighted by molar-refractivity contribution is -0.121. The van der Waals surface area contributed by atoms with Gasteiger partial charge in [0.2, 0.25) is 15.9 Å². The van der Waals surface area contributed by atoms with Gasteiger partial charge in [-0.15, -0.1) is 0 Å². The summed E-state index contributed by atoms with van der Waals surface area (Å²) in [5.74, 6) is -0.780. The van der Waals surface area contributed by atoms with Gasteiger partial charge in [-0.05, 0) is 67.6 Å². The van der Waals surface area contributed by atoms with Gasteiger partial charge in [0.05, 0.1) is 17.5 Å². The fraction of sp³-hybridized carbons (Fsp3) is 0.269. The molecule has 3 aromatic carbocycles. The maximum absolute atomic E-state index is 13.6. The van der Waals surface area contributed by atoms with E-state index in [1.165, 1.54) is 16.4 Å². The summed E-state index contributed by atoms with van der Waals surface area (Å²) in [5, 5.41) is 2.83. The van der Waals surface area contributed by atoms with Crippen molar-refractivity contribution in [1.29, 1.82) is 0 Å². The Morgan fingerprint density at radius 2 is 1.67 bits per heavy atom. The first-order valence-corrected chi connectivity index (χ1v) is 12.3. The molecule has 0 aliphatic heterocycles. The van der Waals surface area contributed by atoms with Crippen molar-refractivity contribution in [2.75, 3.05) is 13.1 Å². The lowest BCUT2D eigenvalue weighted by Gasteiger charge is -2.24. The van der Waals surface area contributed by atoms with Crippen LogP contribution >= 0.6 is 0 Å². The van der Waals surface area contributed by atoms with Crippen LogP contribution in [-0.4, -0.2) is 31.7 Å². The van der Waals surface area contributed by atoms with Gasteiger partial charge in [-0.25, -0.2) is 12.8 Å². The predicted molar refractivity (Wildman–Crippen MR) is 128 cm³/mol. The molecule has 0 aliphatic rings. The molecule has 0 bridgehead atoms. The molecule has 0 spiro atoms. The molecule has 7 heteroatoms. The van der Waals surface area contributed by atoms with Gasteiger partial charge in [-0.1, -0.05) is 54.6 Å². The predicted octanol–water partition coefficient (Wildman–Crippen LogP) is 4.55. The van der Waals surface area contributed by atoms with E-state index in [4.69, 9.17) is 0 Å². The Kier molecular flexibility index (Phi) is 8.00. The number of hydrogen-bond donors (Lipinski definition) is 1. The number of amides is 1. The number of benzene rings is 3. The van der Waals surface area contributed by atoms with Gasteiger partial charge in [-0.2, -0.15) is 4.31 Å². The Hall–Kier alpha value is -3.03. The Labute approximate surface area is 195 Å². The van der Waals surface area contributed by atoms with Crippen LogP contribution in [0, 0.1) is 19.7 Å². The van der Waals surface area contributed by atoms with Crippen molar-refractivity contribution < 1.29 is 17.6 Å². The maximum atomic E-state index is 13.6. The first kappa shape index (κ1) is 24.6. The molecule has 1 amide bonds. The molecule has 0 saturated heterocycles. The molecular weight excluding hydrogens is 439 g/mol. The largest absolute Gasteiger partial charge is 0.348 e. The van der Waals surface area contributed by atoms with Gasteiger partial charge in [0, 0.05) is 6.54 Å². The SMILES string of the molecule is Cc1ccc(C)c(S(=O)(=O)N(CCc2ccccc2)CC(=O)N[C@@H](C)c2ccc(F)cc2)c1. The number of carbonyl (C=O) groups is 1. The van der Waals surface area contributed by atoms with Crippen LogP contribution in [0.2, 0.25) is 0 Å². The van der Waals surface area contributed by atoms with Crippen molar-refractivity contribution in [2.45, 2.75) is 38.1 Å². The van der Waals surface area contributed by atoms with Crippen molar-refractivity contribution in [3.05, 3.63) is 101 Å². The summed E-state index contributed by atoms with van der Waals surface area (Å²) in [6.45, 7) is 5.22. The van der Waals surface area contributed by atoms with E-state index in [0.717, 1.165) is 16.7 Å². The van der Waals surface area contributed by atoms with E-state index in [-0.39, 0.29) is 23.8 Å². The summed E-state index contributed by atoms with van der Waals surface area (Å²) in [6.07, 6.45) is 0.478. The van der Waals surface area contributed by atoms with E-state index in [1.807, 2.05) is 43.3 Å². The average molecular weight is 469 g/mol. The number of sulfonamides is 1. The summed E-state index contributed by atoms with van der Waals surface area (Å²) < 4.78 is 41.6. The van der Waals surface area contributed by atoms with Crippen LogP contribution in [0.25, 0.3) is 0 Å². The van der Waals surface area contributed by atoms with Gasteiger partial charge >= 0.3 is 0 Å². The zero-order chi connectivity index (χ0) is 24.0. The van der Waals surface area contributed by atoms with Crippen LogP contribution in [0.1, 0.15) is 35.2 Å². The first-order chi connectivity index (χ1) is 15.7. The molecule has 3 aromatic rings. The van der Waals surface area contributed by atoms with Crippen LogP contribution in [0.5, 0.6) is 0 Å². The standard InChI is InChI=1S/C26H29FN2O3S/c1-19-9-10-20(2)25(17-19)33(31,32)29(16-15-22-7-5-4-6-8-22)18-26(30)28-21(3)23-11-13-24(27)14-12-23/h4-14,17,21H,15-16,18H2,1-3H3,(H,28,30)/t21-/m0/s1. The highest BCUT2D eigenvalue weighted by Gasteiger charge is 2.28. The second-order valence-electron chi connectivity index (χ2n) is 8.18. The molecule has 0 aromatic heterocycles. The van der Waals surface area contributed by atoms with E-state index in [2.05, 4.69) is 5.32 Å². The van der Waals surface area contributed by atoms with Crippen molar-refractivity contribution in [1.82, 2.24) is 9.62 Å². The van der Waals surface area contributed by atoms with E-state index in [1.54, 1.807) is 38.1 Å². The Morgan fingerprint density at radius 3 is 2.33 bits per heavy atom. The maximum Gasteiger partial charge on any atom is 0.243 e. The average Bonchev–Trinajstić information content (AvgIpc) is 2.79. The molecule has 3 rings (SSSR count). The van der Waals surface area contributed by atoms with Crippen LogP contribution in [0.4, 0.5) is 4.39 Å². The summed E-state index contributed by atoms with van der Waals surface area (Å²) >= 11 is 0. The van der Waals surface area contributed by atoms with Crippen LogP contribution < -0.4 is 5.32 Å². The summed E-state index contributed by atoms with van der Waals surface area (Å²) in [4.78, 5) is 13.1. The molecule has 0 heterocycles. The number of hydrogen-bond acceptors (Lipinski definition) is 3. The molecule has 5 nitrogen and oxygen atoms in total. The summed E-state index contributed by atoms with van der Waals surface area (Å²) in [6, 6.07) is 20.3. The van der Waals surface area contributed by atoms with Crippen LogP contribution in [0.3, 0.4) is 0 Å². The van der Waals surface area contributed by atoms with Gasteiger partial charge in [0.1, 0.15) is 5.82 Å². The van der Waals surface area contributed by atoms with Gasteiger partial charge in [0.25, 0.3) is 0 Å². The van der Waals surface area contributed by atoms with E-state index >= 15 is 0 Å². The summed E-state index contributed by atoms with van der Waals surface area (Å²) in [7, 11) is -3.90. The number of carbonyl (C=O) groups excluding carboxylic acids is 1. The third kappa shape index (κ3) is 6.49. The fourth-order valence-electron chi connectivity index (χ4n) is 3.59. The number of halogens is 1. The second-order valence-corrected chi connectivity index (χ2v) is 10.1. The quantitative estimate of drug-likeness (QED) is 0.501. The monoisotopic (exact) mass is 468 g/mol. The Balaban J connectivity index is 1.82. The minimum Gasteiger partial charge on any atom is -0.348 e. The number of nitrogens with one attached hydrogen (secondary N) is 1. The van der Waals surface area contributed by atoms with E-state index in [0.29, 0.717) is 12.0 Å². The molecule has 174 valence electrons. The van der Waals surface area contributed by atoms with Crippen LogP contribution in [-0.2, 0) is 21.2 Å². The lowest BCUT2D eigenvalue weighted by Crippen LogP contribution is -2.42. The molecular formula is C26H29FN2O3S. The fourth-order valence-corrected chi connectivity index (χ4v) is 5.30. The lowest BCUT2D eigenvalue weighted by atomic mass is 10.1. The number of nitrogens with zero attached hydrogens (tertiary/aromatic N) is 1. The highest BCUT2D eigenvalue weighted by Crippen LogP contribution is 2.22. The van der Waals surface area contributed by atoms with E-state index in [9.17, 15) is 17.6 Å². The van der Waals surface area contributed by atoms with Crippen molar-refractivity contribution in [3.63, 3.8) is 0 Å². The first-order valence-electron chi connectivity index (χ1n) is 10.8. The van der Waals surface area contributed by atoms with Crippen LogP contribution in [0.15, 0.2) is 77.7 Å². The van der Waals surface area contributed by atoms with Gasteiger partial charge in [0.15, 0.2) is 0 Å². The molecule has 0 radical (unpaired) electrons. The summed E-state index contributed by atoms with van der Waals surface area (Å²) in [5.41, 5.74) is 3.18. The van der Waals surface area contributed by atoms with Crippen molar-refractivity contribution >= 4 is 15.9 Å². The minimum absolute atomic E-state index is 0.165. The highest BCUT2D eigenvalue weighted by molar-refractivity contribution is 7.89. The molecule has 1 N–H and O–H groups in total. The molecule has 1 atom stereocenters. The molecule has 33 heavy (non-hydrogen) atoms. The highest BCUT2D eigenvalue weighted by atomic mass is 32.2. The van der Waals surface area contributed by atoms with Crippen molar-refractivity contribution in [2.24, 2.45) is 0 Å². The Bertz CT molecular complexity index is 1200. The van der Waals surface area contributed by atoms with E-state index < -0.39 is 22.0 Å². The third-order valence-corrected chi connectivity index (χ3v) is 7.51. The zero-order valence-corrected chi connectivity index (χ0v) is 19.9. The second kappa shape index (κ2) is 10.7.